The predicted molar refractivity (Wildman–Crippen MR) is 112 cm³/mol. The summed E-state index contributed by atoms with van der Waals surface area (Å²) < 4.78 is 21.6. The molecule has 3 aromatic rings. The van der Waals surface area contributed by atoms with Gasteiger partial charge < -0.3 is 24.3 Å². The van der Waals surface area contributed by atoms with Gasteiger partial charge in [0.1, 0.15) is 5.75 Å². The molecule has 0 bridgehead atoms. The number of amides is 1. The van der Waals surface area contributed by atoms with Crippen molar-refractivity contribution in [2.24, 2.45) is 0 Å². The van der Waals surface area contributed by atoms with Gasteiger partial charge in [0.05, 0.1) is 21.3 Å². The van der Waals surface area contributed by atoms with E-state index in [1.165, 1.54) is 21.3 Å². The van der Waals surface area contributed by atoms with Crippen molar-refractivity contribution < 1.29 is 23.7 Å². The number of aryl methyl sites for hydroxylation is 2. The van der Waals surface area contributed by atoms with E-state index in [0.717, 1.165) is 11.4 Å². The monoisotopic (exact) mass is 409 g/mol. The summed E-state index contributed by atoms with van der Waals surface area (Å²) in [5.74, 6) is 1.47. The lowest BCUT2D eigenvalue weighted by atomic mass is 10.1. The Labute approximate surface area is 174 Å². The van der Waals surface area contributed by atoms with Gasteiger partial charge in [0.2, 0.25) is 5.75 Å². The molecule has 3 rings (SSSR count). The van der Waals surface area contributed by atoms with Crippen LogP contribution in [0, 0.1) is 13.8 Å². The normalized spacial score (nSPS) is 10.3. The summed E-state index contributed by atoms with van der Waals surface area (Å²) in [5.41, 5.74) is 2.62. The highest BCUT2D eigenvalue weighted by molar-refractivity contribution is 6.05. The SMILES string of the molecule is COc1cc(C(=O)Nc2ccc(Oc3nc(C)cc(C)n3)cc2)cc(OC)c1OC. The predicted octanol–water partition coefficient (Wildman–Crippen LogP) is 4.16. The molecule has 1 heterocycles. The Morgan fingerprint density at radius 1 is 0.833 bits per heavy atom. The molecule has 0 unspecified atom stereocenters. The topological polar surface area (TPSA) is 91.8 Å². The molecule has 1 aromatic heterocycles. The van der Waals surface area contributed by atoms with Crippen LogP contribution in [0.15, 0.2) is 42.5 Å². The molecule has 0 spiro atoms. The number of nitrogens with zero attached hydrogens (tertiary/aromatic N) is 2. The van der Waals surface area contributed by atoms with Gasteiger partial charge in [-0.05, 0) is 56.3 Å². The second-order valence-electron chi connectivity index (χ2n) is 6.43. The van der Waals surface area contributed by atoms with Gasteiger partial charge in [-0.2, -0.15) is 0 Å². The first-order valence-electron chi connectivity index (χ1n) is 9.15. The van der Waals surface area contributed by atoms with Gasteiger partial charge >= 0.3 is 6.01 Å². The molecule has 30 heavy (non-hydrogen) atoms. The first kappa shape index (κ1) is 20.9. The van der Waals surface area contributed by atoms with Crippen molar-refractivity contribution in [3.05, 3.63) is 59.4 Å². The lowest BCUT2D eigenvalue weighted by Gasteiger charge is -2.14. The van der Waals surface area contributed by atoms with Gasteiger partial charge in [-0.25, -0.2) is 9.97 Å². The number of hydrogen-bond donors (Lipinski definition) is 1. The largest absolute Gasteiger partial charge is 0.493 e. The Morgan fingerprint density at radius 2 is 1.40 bits per heavy atom. The minimum Gasteiger partial charge on any atom is -0.493 e. The number of rotatable bonds is 7. The molecule has 0 radical (unpaired) electrons. The molecular formula is C22H23N3O5. The van der Waals surface area contributed by atoms with Crippen molar-refractivity contribution >= 4 is 11.6 Å². The van der Waals surface area contributed by atoms with E-state index in [0.29, 0.717) is 34.2 Å². The highest BCUT2D eigenvalue weighted by atomic mass is 16.5. The maximum Gasteiger partial charge on any atom is 0.322 e. The van der Waals surface area contributed by atoms with E-state index in [2.05, 4.69) is 15.3 Å². The van der Waals surface area contributed by atoms with Crippen LogP contribution in [0.1, 0.15) is 21.7 Å². The van der Waals surface area contributed by atoms with Crippen molar-refractivity contribution in [1.82, 2.24) is 9.97 Å². The molecule has 0 aliphatic carbocycles. The van der Waals surface area contributed by atoms with Crippen LogP contribution in [0.4, 0.5) is 5.69 Å². The third kappa shape index (κ3) is 4.78. The molecule has 0 saturated carbocycles. The van der Waals surface area contributed by atoms with Gasteiger partial charge in [-0.15, -0.1) is 0 Å². The zero-order valence-electron chi connectivity index (χ0n) is 17.5. The van der Waals surface area contributed by atoms with Crippen molar-refractivity contribution in [1.29, 1.82) is 0 Å². The number of carbonyl (C=O) groups excluding carboxylic acids is 1. The number of aromatic nitrogens is 2. The molecule has 2 aromatic carbocycles. The van der Waals surface area contributed by atoms with Crippen molar-refractivity contribution in [2.75, 3.05) is 26.6 Å². The smallest absolute Gasteiger partial charge is 0.322 e. The van der Waals surface area contributed by atoms with Crippen LogP contribution in [-0.2, 0) is 0 Å². The molecular weight excluding hydrogens is 386 g/mol. The highest BCUT2D eigenvalue weighted by Crippen LogP contribution is 2.38. The Bertz CT molecular complexity index is 1010. The minimum absolute atomic E-state index is 0.279. The molecule has 1 amide bonds. The summed E-state index contributed by atoms with van der Waals surface area (Å²) in [6.45, 7) is 3.76. The number of nitrogens with one attached hydrogen (secondary N) is 1. The second-order valence-corrected chi connectivity index (χ2v) is 6.43. The zero-order chi connectivity index (χ0) is 21.7. The van der Waals surface area contributed by atoms with Gasteiger partial charge in [-0.1, -0.05) is 0 Å². The summed E-state index contributed by atoms with van der Waals surface area (Å²) in [5, 5.41) is 2.83. The Balaban J connectivity index is 1.74. The van der Waals surface area contributed by atoms with Crippen LogP contribution in [-0.4, -0.2) is 37.2 Å². The zero-order valence-corrected chi connectivity index (χ0v) is 17.5. The quantitative estimate of drug-likeness (QED) is 0.626. The van der Waals surface area contributed by atoms with E-state index >= 15 is 0 Å². The van der Waals surface area contributed by atoms with Gasteiger partial charge in [-0.3, -0.25) is 4.79 Å². The second kappa shape index (κ2) is 9.13. The maximum atomic E-state index is 12.7. The Hall–Kier alpha value is -3.81. The van der Waals surface area contributed by atoms with Crippen LogP contribution in [0.3, 0.4) is 0 Å². The number of ether oxygens (including phenoxy) is 4. The molecule has 8 heteroatoms. The van der Waals surface area contributed by atoms with Crippen molar-refractivity contribution in [3.8, 4) is 29.0 Å². The molecule has 156 valence electrons. The maximum absolute atomic E-state index is 12.7. The van der Waals surface area contributed by atoms with E-state index in [4.69, 9.17) is 18.9 Å². The number of anilines is 1. The summed E-state index contributed by atoms with van der Waals surface area (Å²) in [7, 11) is 4.50. The van der Waals surface area contributed by atoms with E-state index in [-0.39, 0.29) is 11.9 Å². The van der Waals surface area contributed by atoms with E-state index in [1.54, 1.807) is 36.4 Å². The van der Waals surface area contributed by atoms with Crippen LogP contribution in [0.25, 0.3) is 0 Å². The lowest BCUT2D eigenvalue weighted by Crippen LogP contribution is -2.12. The fourth-order valence-corrected chi connectivity index (χ4v) is 2.87. The van der Waals surface area contributed by atoms with E-state index in [1.807, 2.05) is 19.9 Å². The molecule has 1 N–H and O–H groups in total. The van der Waals surface area contributed by atoms with Crippen LogP contribution in [0.2, 0.25) is 0 Å². The summed E-state index contributed by atoms with van der Waals surface area (Å²) in [6.07, 6.45) is 0. The Kier molecular flexibility index (Phi) is 6.36. The number of methoxy groups -OCH3 is 3. The van der Waals surface area contributed by atoms with Crippen molar-refractivity contribution in [2.45, 2.75) is 13.8 Å². The molecule has 0 aliphatic rings. The van der Waals surface area contributed by atoms with Gasteiger partial charge in [0.15, 0.2) is 11.5 Å². The van der Waals surface area contributed by atoms with Crippen LogP contribution >= 0.6 is 0 Å². The first-order valence-corrected chi connectivity index (χ1v) is 9.15. The fourth-order valence-electron chi connectivity index (χ4n) is 2.87. The van der Waals surface area contributed by atoms with Crippen molar-refractivity contribution in [3.63, 3.8) is 0 Å². The van der Waals surface area contributed by atoms with Crippen LogP contribution in [0.5, 0.6) is 29.0 Å². The number of hydrogen-bond acceptors (Lipinski definition) is 7. The lowest BCUT2D eigenvalue weighted by molar-refractivity contribution is 0.102. The van der Waals surface area contributed by atoms with E-state index < -0.39 is 0 Å². The summed E-state index contributed by atoms with van der Waals surface area (Å²) >= 11 is 0. The number of carbonyl (C=O) groups is 1. The molecule has 0 fully saturated rings. The highest BCUT2D eigenvalue weighted by Gasteiger charge is 2.17. The Morgan fingerprint density at radius 3 is 1.90 bits per heavy atom. The summed E-state index contributed by atoms with van der Waals surface area (Å²) in [4.78, 5) is 21.2. The van der Waals surface area contributed by atoms with Crippen LogP contribution < -0.4 is 24.3 Å². The summed E-state index contributed by atoms with van der Waals surface area (Å²) in [6, 6.07) is 12.2. The third-order valence-corrected chi connectivity index (χ3v) is 4.21. The fraction of sp³-hybridized carbons (Fsp3) is 0.227. The van der Waals surface area contributed by atoms with Gasteiger partial charge in [0, 0.05) is 22.6 Å². The molecule has 0 aliphatic heterocycles. The molecule has 0 atom stereocenters. The number of benzene rings is 2. The molecule has 8 nitrogen and oxygen atoms in total. The molecule has 0 saturated heterocycles. The standard InChI is InChI=1S/C22H23N3O5/c1-13-10-14(2)24-22(23-13)30-17-8-6-16(7-9-17)25-21(26)15-11-18(27-3)20(29-5)19(12-15)28-4/h6-12H,1-5H3,(H,25,26). The third-order valence-electron chi connectivity index (χ3n) is 4.21. The van der Waals surface area contributed by atoms with E-state index in [9.17, 15) is 4.79 Å². The first-order chi connectivity index (χ1) is 14.4. The van der Waals surface area contributed by atoms with Gasteiger partial charge in [0.25, 0.3) is 5.91 Å². The minimum atomic E-state index is -0.319. The average Bonchev–Trinajstić information content (AvgIpc) is 2.73. The average molecular weight is 409 g/mol.